The Bertz CT molecular complexity index is 459. The molecule has 2 aliphatic rings. The lowest BCUT2D eigenvalue weighted by Crippen LogP contribution is -2.44. The molecule has 2 aliphatic carbocycles. The van der Waals surface area contributed by atoms with E-state index in [1.54, 1.807) is 0 Å². The third-order valence-corrected chi connectivity index (χ3v) is 5.04. The van der Waals surface area contributed by atoms with E-state index >= 15 is 0 Å². The molecule has 20 heavy (non-hydrogen) atoms. The van der Waals surface area contributed by atoms with Crippen LogP contribution in [-0.4, -0.2) is 21.9 Å². The van der Waals surface area contributed by atoms with Crippen LogP contribution in [0.3, 0.4) is 0 Å². The maximum absolute atomic E-state index is 4.44. The van der Waals surface area contributed by atoms with Crippen LogP contribution in [0.5, 0.6) is 0 Å². The van der Waals surface area contributed by atoms with Gasteiger partial charge in [0.15, 0.2) is 0 Å². The average molecular weight is 275 g/mol. The summed E-state index contributed by atoms with van der Waals surface area (Å²) in [5, 5.41) is 8.20. The summed E-state index contributed by atoms with van der Waals surface area (Å²) in [7, 11) is 0. The van der Waals surface area contributed by atoms with Crippen LogP contribution >= 0.6 is 0 Å². The zero-order valence-electron chi connectivity index (χ0n) is 13.4. The summed E-state index contributed by atoms with van der Waals surface area (Å²) in [6.45, 7) is 11.1. The van der Waals surface area contributed by atoms with Gasteiger partial charge in [0.1, 0.15) is 0 Å². The van der Waals surface area contributed by atoms with Crippen LogP contribution in [0.1, 0.15) is 52.5 Å². The molecular formula is C17H29N3. The lowest BCUT2D eigenvalue weighted by Gasteiger charge is -2.34. The van der Waals surface area contributed by atoms with Gasteiger partial charge in [0.2, 0.25) is 0 Å². The summed E-state index contributed by atoms with van der Waals surface area (Å²) < 4.78 is 2.05. The minimum atomic E-state index is 0.216. The first-order chi connectivity index (χ1) is 9.39. The number of hydrogen-bond acceptors (Lipinski definition) is 2. The number of fused-ring (bicyclic) bond motifs is 1. The predicted molar refractivity (Wildman–Crippen MR) is 82.6 cm³/mol. The van der Waals surface area contributed by atoms with Gasteiger partial charge in [0.05, 0.1) is 6.20 Å². The topological polar surface area (TPSA) is 29.9 Å². The highest BCUT2D eigenvalue weighted by Crippen LogP contribution is 2.60. The predicted octanol–water partition coefficient (Wildman–Crippen LogP) is 3.25. The number of aryl methyl sites for hydroxylation is 1. The normalized spacial score (nSPS) is 32.4. The highest BCUT2D eigenvalue weighted by molar-refractivity contribution is 5.13. The summed E-state index contributed by atoms with van der Waals surface area (Å²) in [6, 6.07) is 0. The molecule has 112 valence electrons. The fourth-order valence-electron chi connectivity index (χ4n) is 3.91. The van der Waals surface area contributed by atoms with E-state index in [-0.39, 0.29) is 5.54 Å². The van der Waals surface area contributed by atoms with Crippen molar-refractivity contribution in [1.82, 2.24) is 15.1 Å². The zero-order valence-corrected chi connectivity index (χ0v) is 13.4. The van der Waals surface area contributed by atoms with Crippen molar-refractivity contribution in [2.24, 2.45) is 17.3 Å². The first-order valence-electron chi connectivity index (χ1n) is 8.15. The monoisotopic (exact) mass is 275 g/mol. The standard InChI is InChI=1S/C17H29N3/c1-5-20-11-13(10-19-20)7-17(12-18-16(2,3)4)8-14-6-15(14)9-17/h10-11,14-15,18H,5-9,12H2,1-4H3. The highest BCUT2D eigenvalue weighted by atomic mass is 15.3. The Hall–Kier alpha value is -0.830. The van der Waals surface area contributed by atoms with Crippen LogP contribution in [0.2, 0.25) is 0 Å². The smallest absolute Gasteiger partial charge is 0.0521 e. The lowest BCUT2D eigenvalue weighted by molar-refractivity contribution is 0.222. The molecule has 0 spiro atoms. The van der Waals surface area contributed by atoms with Gasteiger partial charge < -0.3 is 5.32 Å². The van der Waals surface area contributed by atoms with E-state index in [1.807, 2.05) is 0 Å². The minimum Gasteiger partial charge on any atom is -0.312 e. The van der Waals surface area contributed by atoms with Gasteiger partial charge in [0, 0.05) is 24.8 Å². The summed E-state index contributed by atoms with van der Waals surface area (Å²) in [5.74, 6) is 2.05. The summed E-state index contributed by atoms with van der Waals surface area (Å²) in [4.78, 5) is 0. The molecule has 1 heterocycles. The number of aromatic nitrogens is 2. The van der Waals surface area contributed by atoms with Crippen LogP contribution in [0, 0.1) is 17.3 Å². The van der Waals surface area contributed by atoms with E-state index in [9.17, 15) is 0 Å². The van der Waals surface area contributed by atoms with Crippen molar-refractivity contribution in [2.45, 2.75) is 65.5 Å². The molecule has 2 fully saturated rings. The number of hydrogen-bond donors (Lipinski definition) is 1. The Labute approximate surface area is 123 Å². The molecule has 2 atom stereocenters. The maximum Gasteiger partial charge on any atom is 0.0521 e. The molecule has 0 aliphatic heterocycles. The van der Waals surface area contributed by atoms with Crippen LogP contribution < -0.4 is 5.32 Å². The Balaban J connectivity index is 1.69. The summed E-state index contributed by atoms with van der Waals surface area (Å²) in [5.41, 5.74) is 2.11. The van der Waals surface area contributed by atoms with Gasteiger partial charge in [-0.1, -0.05) is 0 Å². The molecule has 1 aromatic heterocycles. The Morgan fingerprint density at radius 2 is 2.05 bits per heavy atom. The summed E-state index contributed by atoms with van der Waals surface area (Å²) in [6.07, 6.45) is 9.83. The maximum atomic E-state index is 4.44. The fraction of sp³-hybridized carbons (Fsp3) is 0.824. The second kappa shape index (κ2) is 4.87. The summed E-state index contributed by atoms with van der Waals surface area (Å²) >= 11 is 0. The molecule has 3 nitrogen and oxygen atoms in total. The number of rotatable bonds is 5. The molecule has 0 aromatic carbocycles. The SMILES string of the molecule is CCn1cc(CC2(CNC(C)(C)C)CC3CC3C2)cn1. The Morgan fingerprint density at radius 1 is 1.35 bits per heavy atom. The Morgan fingerprint density at radius 3 is 2.60 bits per heavy atom. The molecule has 0 bridgehead atoms. The average Bonchev–Trinajstić information content (AvgIpc) is 2.81. The van der Waals surface area contributed by atoms with Gasteiger partial charge in [0.25, 0.3) is 0 Å². The van der Waals surface area contributed by atoms with E-state index in [0.717, 1.165) is 24.9 Å². The second-order valence-electron chi connectivity index (χ2n) is 8.15. The third-order valence-electron chi connectivity index (χ3n) is 5.04. The molecule has 0 amide bonds. The molecular weight excluding hydrogens is 246 g/mol. The van der Waals surface area contributed by atoms with Crippen molar-refractivity contribution in [1.29, 1.82) is 0 Å². The second-order valence-corrected chi connectivity index (χ2v) is 8.15. The van der Waals surface area contributed by atoms with Crippen molar-refractivity contribution in [3.63, 3.8) is 0 Å². The van der Waals surface area contributed by atoms with Crippen molar-refractivity contribution >= 4 is 0 Å². The van der Waals surface area contributed by atoms with Crippen LogP contribution in [-0.2, 0) is 13.0 Å². The van der Waals surface area contributed by atoms with Crippen LogP contribution in [0.25, 0.3) is 0 Å². The van der Waals surface area contributed by atoms with Gasteiger partial charge in [-0.3, -0.25) is 4.68 Å². The van der Waals surface area contributed by atoms with Gasteiger partial charge in [-0.15, -0.1) is 0 Å². The molecule has 0 radical (unpaired) electrons. The lowest BCUT2D eigenvalue weighted by atomic mass is 9.77. The van der Waals surface area contributed by atoms with E-state index in [1.165, 1.54) is 31.2 Å². The first kappa shape index (κ1) is 14.1. The Kier molecular flexibility index (Phi) is 3.44. The van der Waals surface area contributed by atoms with E-state index in [2.05, 4.69) is 55.2 Å². The minimum absolute atomic E-state index is 0.216. The molecule has 0 saturated heterocycles. The largest absolute Gasteiger partial charge is 0.312 e. The van der Waals surface area contributed by atoms with Crippen LogP contribution in [0.15, 0.2) is 12.4 Å². The van der Waals surface area contributed by atoms with E-state index in [4.69, 9.17) is 0 Å². The molecule has 3 heteroatoms. The van der Waals surface area contributed by atoms with Gasteiger partial charge in [-0.2, -0.15) is 5.10 Å². The first-order valence-corrected chi connectivity index (χ1v) is 8.15. The van der Waals surface area contributed by atoms with Gasteiger partial charge >= 0.3 is 0 Å². The van der Waals surface area contributed by atoms with E-state index < -0.39 is 0 Å². The van der Waals surface area contributed by atoms with Crippen molar-refractivity contribution in [3.8, 4) is 0 Å². The quantitative estimate of drug-likeness (QED) is 0.894. The van der Waals surface area contributed by atoms with Gasteiger partial charge in [-0.05, 0) is 76.2 Å². The number of nitrogens with one attached hydrogen (secondary N) is 1. The van der Waals surface area contributed by atoms with Crippen molar-refractivity contribution in [2.75, 3.05) is 6.54 Å². The fourth-order valence-corrected chi connectivity index (χ4v) is 3.91. The van der Waals surface area contributed by atoms with Crippen molar-refractivity contribution < 1.29 is 0 Å². The molecule has 3 rings (SSSR count). The molecule has 1 aromatic rings. The number of nitrogens with zero attached hydrogens (tertiary/aromatic N) is 2. The van der Waals surface area contributed by atoms with E-state index in [0.29, 0.717) is 5.41 Å². The molecule has 1 N–H and O–H groups in total. The van der Waals surface area contributed by atoms with Crippen LogP contribution in [0.4, 0.5) is 0 Å². The highest BCUT2D eigenvalue weighted by Gasteiger charge is 2.53. The molecule has 2 saturated carbocycles. The van der Waals surface area contributed by atoms with Crippen molar-refractivity contribution in [3.05, 3.63) is 18.0 Å². The van der Waals surface area contributed by atoms with Gasteiger partial charge in [-0.25, -0.2) is 0 Å². The zero-order chi connectivity index (χ0) is 14.4. The molecule has 2 unspecified atom stereocenters. The third kappa shape index (κ3) is 3.08.